The molecule has 2 fully saturated rings. The number of nitrogens with zero attached hydrogens (tertiary/aromatic N) is 6. The minimum absolute atomic E-state index is 0.0441. The van der Waals surface area contributed by atoms with Crippen LogP contribution in [0, 0.1) is 6.92 Å². The van der Waals surface area contributed by atoms with Crippen LogP contribution >= 0.6 is 0 Å². The fraction of sp³-hybridized carbons (Fsp3) is 0.441. The fourth-order valence-corrected chi connectivity index (χ4v) is 6.30. The molecule has 4 heterocycles. The average molecular weight is 627 g/mol. The summed E-state index contributed by atoms with van der Waals surface area (Å²) in [7, 11) is 5.75. The number of aryl methyl sites for hydroxylation is 1. The van der Waals surface area contributed by atoms with Gasteiger partial charge in [-0.3, -0.25) is 9.78 Å². The average Bonchev–Trinajstić information content (AvgIpc) is 3.50. The summed E-state index contributed by atoms with van der Waals surface area (Å²) in [4.78, 5) is 46.7. The number of nitrogens with one attached hydrogen (secondary N) is 2. The Morgan fingerprint density at radius 2 is 1.93 bits per heavy atom. The number of likely N-dealkylation sites (N-methyl/N-ethyl adjacent to an activating group) is 1. The van der Waals surface area contributed by atoms with Gasteiger partial charge >= 0.3 is 5.97 Å². The summed E-state index contributed by atoms with van der Waals surface area (Å²) < 4.78 is 11.4. The molecule has 242 valence electrons. The van der Waals surface area contributed by atoms with E-state index in [0.29, 0.717) is 35.5 Å². The SMILES string of the molecule is C=CC(=O)Nc1cc(Nc2ncc(C(=O)OC(C)C)c(N3CC4(CC4)c4nc(C)ccc43)n2)c(OC)cc1N1CC[C@@H](N(C)C)C1. The minimum atomic E-state index is -0.493. The van der Waals surface area contributed by atoms with Crippen LogP contribution in [0.2, 0.25) is 0 Å². The highest BCUT2D eigenvalue weighted by atomic mass is 16.5. The summed E-state index contributed by atoms with van der Waals surface area (Å²) in [6.45, 7) is 11.6. The number of fused-ring (bicyclic) bond motifs is 2. The van der Waals surface area contributed by atoms with Crippen LogP contribution in [0.3, 0.4) is 0 Å². The number of rotatable bonds is 10. The fourth-order valence-electron chi connectivity index (χ4n) is 6.30. The van der Waals surface area contributed by atoms with Gasteiger partial charge in [0.25, 0.3) is 0 Å². The van der Waals surface area contributed by atoms with E-state index >= 15 is 0 Å². The molecule has 3 aliphatic rings. The zero-order chi connectivity index (χ0) is 32.7. The highest BCUT2D eigenvalue weighted by Crippen LogP contribution is 2.57. The molecule has 12 heteroatoms. The number of carbonyl (C=O) groups is 2. The second kappa shape index (κ2) is 12.2. The first-order chi connectivity index (χ1) is 22.0. The smallest absolute Gasteiger partial charge is 0.343 e. The lowest BCUT2D eigenvalue weighted by Crippen LogP contribution is -2.31. The van der Waals surface area contributed by atoms with Crippen molar-refractivity contribution in [2.45, 2.75) is 57.6 Å². The van der Waals surface area contributed by atoms with Crippen LogP contribution in [0.15, 0.2) is 43.1 Å². The van der Waals surface area contributed by atoms with Crippen molar-refractivity contribution in [2.24, 2.45) is 0 Å². The van der Waals surface area contributed by atoms with Crippen molar-refractivity contribution in [1.29, 1.82) is 0 Å². The first-order valence-corrected chi connectivity index (χ1v) is 15.7. The van der Waals surface area contributed by atoms with Gasteiger partial charge in [-0.05, 0) is 78.4 Å². The van der Waals surface area contributed by atoms with E-state index in [0.717, 1.165) is 55.1 Å². The molecule has 1 amide bonds. The molecule has 2 aromatic heterocycles. The zero-order valence-corrected chi connectivity index (χ0v) is 27.4. The van der Waals surface area contributed by atoms with Gasteiger partial charge in [0.2, 0.25) is 11.9 Å². The monoisotopic (exact) mass is 626 g/mol. The van der Waals surface area contributed by atoms with E-state index in [2.05, 4.69) is 51.0 Å². The molecule has 1 saturated carbocycles. The number of ether oxygens (including phenoxy) is 2. The van der Waals surface area contributed by atoms with E-state index in [1.807, 2.05) is 45.0 Å². The quantitative estimate of drug-likeness (QED) is 0.235. The number of hydrogen-bond donors (Lipinski definition) is 2. The lowest BCUT2D eigenvalue weighted by atomic mass is 10.0. The molecule has 3 aromatic rings. The molecule has 1 aliphatic carbocycles. The van der Waals surface area contributed by atoms with Crippen molar-refractivity contribution in [2.75, 3.05) is 61.3 Å². The van der Waals surface area contributed by atoms with E-state index in [-0.39, 0.29) is 28.9 Å². The van der Waals surface area contributed by atoms with Crippen LogP contribution in [-0.4, -0.2) is 84.7 Å². The second-order valence-corrected chi connectivity index (χ2v) is 12.8. The number of amides is 1. The van der Waals surface area contributed by atoms with Gasteiger partial charge in [0.1, 0.15) is 11.3 Å². The summed E-state index contributed by atoms with van der Waals surface area (Å²) >= 11 is 0. The summed E-state index contributed by atoms with van der Waals surface area (Å²) in [6, 6.07) is 8.15. The lowest BCUT2D eigenvalue weighted by Gasteiger charge is -2.26. The molecule has 0 radical (unpaired) electrons. The number of benzene rings is 1. The molecule has 0 bridgehead atoms. The number of hydrogen-bond acceptors (Lipinski definition) is 11. The first kappa shape index (κ1) is 31.3. The number of pyridine rings is 1. The van der Waals surface area contributed by atoms with Gasteiger partial charge in [-0.25, -0.2) is 9.78 Å². The van der Waals surface area contributed by atoms with E-state index in [1.165, 1.54) is 12.3 Å². The molecule has 0 unspecified atom stereocenters. The van der Waals surface area contributed by atoms with Gasteiger partial charge in [0.15, 0.2) is 5.82 Å². The van der Waals surface area contributed by atoms with E-state index < -0.39 is 5.97 Å². The van der Waals surface area contributed by atoms with Gasteiger partial charge in [0.05, 0.1) is 41.7 Å². The van der Waals surface area contributed by atoms with E-state index in [9.17, 15) is 9.59 Å². The Labute approximate surface area is 269 Å². The van der Waals surface area contributed by atoms with Crippen molar-refractivity contribution < 1.29 is 19.1 Å². The molecule has 1 aromatic carbocycles. The zero-order valence-electron chi connectivity index (χ0n) is 27.4. The number of anilines is 6. The third-order valence-corrected chi connectivity index (χ3v) is 8.95. The van der Waals surface area contributed by atoms with E-state index in [4.69, 9.17) is 19.4 Å². The third-order valence-electron chi connectivity index (χ3n) is 8.95. The minimum Gasteiger partial charge on any atom is -0.494 e. The number of esters is 1. The van der Waals surface area contributed by atoms with Crippen LogP contribution < -0.4 is 25.2 Å². The van der Waals surface area contributed by atoms with Gasteiger partial charge in [-0.1, -0.05) is 6.58 Å². The highest BCUT2D eigenvalue weighted by molar-refractivity contribution is 6.02. The van der Waals surface area contributed by atoms with Crippen LogP contribution in [0.1, 0.15) is 54.9 Å². The maximum absolute atomic E-state index is 13.3. The van der Waals surface area contributed by atoms with E-state index in [1.54, 1.807) is 7.11 Å². The second-order valence-electron chi connectivity index (χ2n) is 12.8. The van der Waals surface area contributed by atoms with Gasteiger partial charge < -0.3 is 34.8 Å². The van der Waals surface area contributed by atoms with Crippen molar-refractivity contribution in [3.05, 3.63) is 60.1 Å². The maximum atomic E-state index is 13.3. The summed E-state index contributed by atoms with van der Waals surface area (Å²) in [6.07, 6.45) is 5.51. The Kier molecular flexibility index (Phi) is 8.32. The Morgan fingerprint density at radius 1 is 1.15 bits per heavy atom. The van der Waals surface area contributed by atoms with Gasteiger partial charge in [-0.15, -0.1) is 0 Å². The van der Waals surface area contributed by atoms with Gasteiger partial charge in [0, 0.05) is 49.0 Å². The number of carbonyl (C=O) groups excluding carboxylic acids is 2. The summed E-state index contributed by atoms with van der Waals surface area (Å²) in [5, 5.41) is 6.26. The lowest BCUT2D eigenvalue weighted by molar-refractivity contribution is -0.111. The molecular weight excluding hydrogens is 584 g/mol. The van der Waals surface area contributed by atoms with Crippen LogP contribution in [0.4, 0.5) is 34.5 Å². The van der Waals surface area contributed by atoms with Crippen molar-refractivity contribution in [3.8, 4) is 5.75 Å². The van der Waals surface area contributed by atoms with Crippen LogP contribution in [0.5, 0.6) is 5.75 Å². The Bertz CT molecular complexity index is 1690. The summed E-state index contributed by atoms with van der Waals surface area (Å²) in [5.74, 6) is 0.443. The maximum Gasteiger partial charge on any atom is 0.343 e. The van der Waals surface area contributed by atoms with Crippen molar-refractivity contribution in [1.82, 2.24) is 19.9 Å². The number of methoxy groups -OCH3 is 1. The van der Waals surface area contributed by atoms with Crippen LogP contribution in [-0.2, 0) is 14.9 Å². The van der Waals surface area contributed by atoms with Crippen LogP contribution in [0.25, 0.3) is 0 Å². The third kappa shape index (κ3) is 5.96. The highest BCUT2D eigenvalue weighted by Gasteiger charge is 2.54. The largest absolute Gasteiger partial charge is 0.494 e. The topological polar surface area (TPSA) is 125 Å². The van der Waals surface area contributed by atoms with Gasteiger partial charge in [-0.2, -0.15) is 4.98 Å². The predicted molar refractivity (Wildman–Crippen MR) is 179 cm³/mol. The molecular formula is C34H42N8O4. The standard InChI is InChI=1S/C34H42N8O4/c1-8-29(43)37-24-15-25(28(45-7)16-27(24)41-14-11-22(18-41)40(5)6)38-33-35-17-23(32(44)46-20(2)3)31(39-33)42-19-34(12-13-34)30-26(42)10-9-21(4)36-30/h8-10,15-17,20,22H,1,11-14,18-19H2,2-7H3,(H,37,43)(H,35,38,39)/t22-/m1/s1. The Hall–Kier alpha value is -4.71. The molecule has 2 N–H and O–H groups in total. The normalized spacial score (nSPS) is 17.8. The van der Waals surface area contributed by atoms with Crippen molar-refractivity contribution >= 4 is 46.4 Å². The molecule has 46 heavy (non-hydrogen) atoms. The Balaban J connectivity index is 1.40. The first-order valence-electron chi connectivity index (χ1n) is 15.7. The Morgan fingerprint density at radius 3 is 2.59 bits per heavy atom. The summed E-state index contributed by atoms with van der Waals surface area (Å²) in [5.41, 5.74) is 5.17. The molecule has 2 aliphatic heterocycles. The molecule has 12 nitrogen and oxygen atoms in total. The number of aromatic nitrogens is 3. The molecule has 1 spiro atoms. The molecule has 1 saturated heterocycles. The predicted octanol–water partition coefficient (Wildman–Crippen LogP) is 4.95. The molecule has 1 atom stereocenters. The molecule has 6 rings (SSSR count). The van der Waals surface area contributed by atoms with Crippen molar-refractivity contribution in [3.63, 3.8) is 0 Å².